The van der Waals surface area contributed by atoms with E-state index >= 15 is 0 Å². The minimum Gasteiger partial charge on any atom is -0.312 e. The molecule has 5 rings (SSSR count). The highest BCUT2D eigenvalue weighted by atomic mass is 32.1. The summed E-state index contributed by atoms with van der Waals surface area (Å²) < 4.78 is 0. The van der Waals surface area contributed by atoms with E-state index in [4.69, 9.17) is 0 Å². The molecule has 2 heterocycles. The smallest absolute Gasteiger partial charge is 0.312 e. The first-order valence-electron chi connectivity index (χ1n) is 11.1. The third-order valence-corrected chi connectivity index (χ3v) is 7.85. The highest BCUT2D eigenvalue weighted by molar-refractivity contribution is 7.12. The molecule has 0 radical (unpaired) electrons. The lowest BCUT2D eigenvalue weighted by molar-refractivity contribution is 0.195. The molecule has 3 nitrogen and oxygen atoms in total. The van der Waals surface area contributed by atoms with Gasteiger partial charge in [0.15, 0.2) is 0 Å². The second-order valence-electron chi connectivity index (χ2n) is 8.29. The van der Waals surface area contributed by atoms with E-state index in [1.165, 1.54) is 47.3 Å². The zero-order chi connectivity index (χ0) is 20.5. The predicted octanol–water partition coefficient (Wildman–Crippen LogP) is 6.37. The van der Waals surface area contributed by atoms with Crippen molar-refractivity contribution in [2.24, 2.45) is 0 Å². The average molecular weight is 417 g/mol. The Kier molecular flexibility index (Phi) is 5.34. The average Bonchev–Trinajstić information content (AvgIpc) is 3.18. The fourth-order valence-electron chi connectivity index (χ4n) is 4.85. The molecule has 30 heavy (non-hydrogen) atoms. The molecule has 1 unspecified atom stereocenters. The van der Waals surface area contributed by atoms with Crippen molar-refractivity contribution in [3.05, 3.63) is 86.6 Å². The predicted molar refractivity (Wildman–Crippen MR) is 124 cm³/mol. The van der Waals surface area contributed by atoms with Gasteiger partial charge in [-0.25, -0.2) is 4.79 Å². The van der Waals surface area contributed by atoms with E-state index in [9.17, 15) is 4.79 Å². The van der Waals surface area contributed by atoms with Gasteiger partial charge in [-0.05, 0) is 72.9 Å². The SMILES string of the molecule is CCc1ccc(NC(=O)N2CCc3c(sc4c3CCCC4)C2c2ccccc2)cc1. The topological polar surface area (TPSA) is 32.3 Å². The molecule has 0 bridgehead atoms. The molecular formula is C26H28N2OS. The maximum atomic E-state index is 13.4. The van der Waals surface area contributed by atoms with Crippen LogP contribution in [0.2, 0.25) is 0 Å². The van der Waals surface area contributed by atoms with Crippen molar-refractivity contribution in [3.63, 3.8) is 0 Å². The van der Waals surface area contributed by atoms with Crippen molar-refractivity contribution in [1.29, 1.82) is 0 Å². The van der Waals surface area contributed by atoms with Gasteiger partial charge < -0.3 is 10.2 Å². The van der Waals surface area contributed by atoms with Crippen LogP contribution in [0.25, 0.3) is 0 Å². The van der Waals surface area contributed by atoms with Crippen LogP contribution in [0, 0.1) is 0 Å². The summed E-state index contributed by atoms with van der Waals surface area (Å²) in [6, 6.07) is 18.7. The number of anilines is 1. The van der Waals surface area contributed by atoms with E-state index in [-0.39, 0.29) is 12.1 Å². The van der Waals surface area contributed by atoms with Crippen LogP contribution >= 0.6 is 11.3 Å². The molecule has 0 fully saturated rings. The lowest BCUT2D eigenvalue weighted by Gasteiger charge is -2.36. The Labute approximate surface area is 182 Å². The van der Waals surface area contributed by atoms with Crippen molar-refractivity contribution < 1.29 is 4.79 Å². The number of hydrogen-bond donors (Lipinski definition) is 1. The largest absolute Gasteiger partial charge is 0.322 e. The molecule has 4 heteroatoms. The summed E-state index contributed by atoms with van der Waals surface area (Å²) in [5, 5.41) is 3.15. The molecule has 1 aliphatic carbocycles. The zero-order valence-corrected chi connectivity index (χ0v) is 18.3. The summed E-state index contributed by atoms with van der Waals surface area (Å²) in [6.07, 6.45) is 6.96. The van der Waals surface area contributed by atoms with Crippen LogP contribution in [0.5, 0.6) is 0 Å². The number of nitrogens with one attached hydrogen (secondary N) is 1. The quantitative estimate of drug-likeness (QED) is 0.529. The van der Waals surface area contributed by atoms with Crippen molar-refractivity contribution in [3.8, 4) is 0 Å². The minimum absolute atomic E-state index is 0.000431. The van der Waals surface area contributed by atoms with Crippen molar-refractivity contribution >= 4 is 23.1 Å². The van der Waals surface area contributed by atoms with Gasteiger partial charge in [0.05, 0.1) is 6.04 Å². The van der Waals surface area contributed by atoms with E-state index in [0.29, 0.717) is 0 Å². The van der Waals surface area contributed by atoms with E-state index < -0.39 is 0 Å². The molecule has 154 valence electrons. The van der Waals surface area contributed by atoms with Crippen LogP contribution in [0.15, 0.2) is 54.6 Å². The van der Waals surface area contributed by atoms with E-state index in [0.717, 1.165) is 25.1 Å². The Morgan fingerprint density at radius 1 is 1.00 bits per heavy atom. The highest BCUT2D eigenvalue weighted by Crippen LogP contribution is 2.45. The monoisotopic (exact) mass is 416 g/mol. The van der Waals surface area contributed by atoms with Gasteiger partial charge in [-0.2, -0.15) is 0 Å². The van der Waals surface area contributed by atoms with Crippen LogP contribution in [0.1, 0.15) is 57.8 Å². The Balaban J connectivity index is 1.49. The molecular weight excluding hydrogens is 388 g/mol. The van der Waals surface area contributed by atoms with E-state index in [1.807, 2.05) is 34.4 Å². The van der Waals surface area contributed by atoms with Gasteiger partial charge in [-0.15, -0.1) is 11.3 Å². The lowest BCUT2D eigenvalue weighted by Crippen LogP contribution is -2.42. The number of rotatable bonds is 3. The van der Waals surface area contributed by atoms with Crippen LogP contribution in [-0.2, 0) is 25.7 Å². The molecule has 0 saturated carbocycles. The van der Waals surface area contributed by atoms with Gasteiger partial charge in [0, 0.05) is 22.0 Å². The Morgan fingerprint density at radius 2 is 1.77 bits per heavy atom. The summed E-state index contributed by atoms with van der Waals surface area (Å²) in [5.74, 6) is 0. The molecule has 1 atom stereocenters. The number of amides is 2. The van der Waals surface area contributed by atoms with E-state index in [1.54, 1.807) is 10.4 Å². The fraction of sp³-hybridized carbons (Fsp3) is 0.346. The van der Waals surface area contributed by atoms with Gasteiger partial charge in [-0.3, -0.25) is 0 Å². The standard InChI is InChI=1S/C26H28N2OS/c1-2-18-12-14-20(15-13-18)27-26(29)28-17-16-22-21-10-6-7-11-23(21)30-25(22)24(28)19-8-4-3-5-9-19/h3-5,8-9,12-15,24H,2,6-7,10-11,16-17H2,1H3,(H,27,29). The minimum atomic E-state index is -0.00914. The molecule has 3 aromatic rings. The summed E-state index contributed by atoms with van der Waals surface area (Å²) in [5.41, 5.74) is 6.47. The maximum Gasteiger partial charge on any atom is 0.322 e. The molecule has 2 aliphatic rings. The normalized spacial score (nSPS) is 17.9. The first kappa shape index (κ1) is 19.4. The van der Waals surface area contributed by atoms with Crippen molar-refractivity contribution in [2.75, 3.05) is 11.9 Å². The number of hydrogen-bond acceptors (Lipinski definition) is 2. The zero-order valence-electron chi connectivity index (χ0n) is 17.5. The number of aryl methyl sites for hydroxylation is 2. The molecule has 2 aromatic carbocycles. The van der Waals surface area contributed by atoms with Gasteiger partial charge >= 0.3 is 6.03 Å². The molecule has 1 aromatic heterocycles. The van der Waals surface area contributed by atoms with Gasteiger partial charge in [0.1, 0.15) is 0 Å². The van der Waals surface area contributed by atoms with E-state index in [2.05, 4.69) is 48.6 Å². The van der Waals surface area contributed by atoms with Crippen LogP contribution in [0.3, 0.4) is 0 Å². The van der Waals surface area contributed by atoms with Gasteiger partial charge in [0.2, 0.25) is 0 Å². The summed E-state index contributed by atoms with van der Waals surface area (Å²) in [4.78, 5) is 18.4. The first-order chi connectivity index (χ1) is 14.7. The molecule has 1 N–H and O–H groups in total. The number of fused-ring (bicyclic) bond motifs is 3. The number of nitrogens with zero attached hydrogens (tertiary/aromatic N) is 1. The third kappa shape index (κ3) is 3.54. The summed E-state index contributed by atoms with van der Waals surface area (Å²) in [6.45, 7) is 2.90. The molecule has 0 spiro atoms. The molecule has 0 saturated heterocycles. The number of carbonyl (C=O) groups is 1. The second-order valence-corrected chi connectivity index (χ2v) is 9.43. The Hall–Kier alpha value is -2.59. The lowest BCUT2D eigenvalue weighted by atomic mass is 9.88. The number of thiophene rings is 1. The Bertz CT molecular complexity index is 1040. The number of carbonyl (C=O) groups excluding carboxylic acids is 1. The maximum absolute atomic E-state index is 13.4. The van der Waals surface area contributed by atoms with Gasteiger partial charge in [0.25, 0.3) is 0 Å². The summed E-state index contributed by atoms with van der Waals surface area (Å²) >= 11 is 1.95. The van der Waals surface area contributed by atoms with Crippen molar-refractivity contribution in [2.45, 2.75) is 51.5 Å². The van der Waals surface area contributed by atoms with Crippen LogP contribution in [-0.4, -0.2) is 17.5 Å². The number of urea groups is 1. The van der Waals surface area contributed by atoms with Crippen LogP contribution in [0.4, 0.5) is 10.5 Å². The fourth-order valence-corrected chi connectivity index (χ4v) is 6.44. The Morgan fingerprint density at radius 3 is 2.53 bits per heavy atom. The third-order valence-electron chi connectivity index (χ3n) is 6.46. The van der Waals surface area contributed by atoms with Gasteiger partial charge in [-0.1, -0.05) is 49.4 Å². The second kappa shape index (κ2) is 8.27. The van der Waals surface area contributed by atoms with Crippen molar-refractivity contribution in [1.82, 2.24) is 4.90 Å². The summed E-state index contributed by atoms with van der Waals surface area (Å²) in [7, 11) is 0. The first-order valence-corrected chi connectivity index (χ1v) is 11.9. The molecule has 2 amide bonds. The molecule has 1 aliphatic heterocycles. The number of benzene rings is 2. The van der Waals surface area contributed by atoms with Crippen LogP contribution < -0.4 is 5.32 Å². The highest BCUT2D eigenvalue weighted by Gasteiger charge is 2.36.